The highest BCUT2D eigenvalue weighted by molar-refractivity contribution is 7.89. The van der Waals surface area contributed by atoms with Gasteiger partial charge in [-0.25, -0.2) is 13.4 Å². The first-order valence-corrected chi connectivity index (χ1v) is 11.1. The maximum Gasteiger partial charge on any atom is 0.251 e. The van der Waals surface area contributed by atoms with Crippen LogP contribution < -0.4 is 5.32 Å². The van der Waals surface area contributed by atoms with E-state index in [4.69, 9.17) is 4.74 Å². The predicted octanol–water partition coefficient (Wildman–Crippen LogP) is 1.91. The standard InChI is InChI=1S/C18H23N3O4S2/c1-13-11-21(12-14(2)25-13)27(23,24)16-5-3-15(4-6-16)18(22)20-8-7-17-19-9-10-26-17/h3-6,9-10,13-14H,7-8,11-12H2,1-2H3,(H,20,22). The lowest BCUT2D eigenvalue weighted by Crippen LogP contribution is -2.48. The van der Waals surface area contributed by atoms with E-state index in [1.807, 2.05) is 19.2 Å². The summed E-state index contributed by atoms with van der Waals surface area (Å²) in [5.41, 5.74) is 0.428. The van der Waals surface area contributed by atoms with E-state index in [0.717, 1.165) is 5.01 Å². The molecule has 2 aromatic rings. The number of ether oxygens (including phenoxy) is 1. The van der Waals surface area contributed by atoms with Crippen LogP contribution in [0.25, 0.3) is 0 Å². The Balaban J connectivity index is 1.62. The van der Waals surface area contributed by atoms with Gasteiger partial charge in [-0.2, -0.15) is 4.31 Å². The van der Waals surface area contributed by atoms with Crippen molar-refractivity contribution in [2.24, 2.45) is 0 Å². The number of amides is 1. The van der Waals surface area contributed by atoms with Gasteiger partial charge in [-0.1, -0.05) is 0 Å². The molecular formula is C18H23N3O4S2. The van der Waals surface area contributed by atoms with Crippen molar-refractivity contribution in [3.63, 3.8) is 0 Å². The molecule has 2 atom stereocenters. The summed E-state index contributed by atoms with van der Waals surface area (Å²) in [5, 5.41) is 5.68. The highest BCUT2D eigenvalue weighted by Gasteiger charge is 2.32. The minimum atomic E-state index is -3.60. The summed E-state index contributed by atoms with van der Waals surface area (Å²) in [6, 6.07) is 6.05. The van der Waals surface area contributed by atoms with Crippen LogP contribution in [-0.4, -0.2) is 55.5 Å². The maximum atomic E-state index is 12.8. The first-order chi connectivity index (χ1) is 12.9. The Labute approximate surface area is 163 Å². The highest BCUT2D eigenvalue weighted by atomic mass is 32.2. The first-order valence-electron chi connectivity index (χ1n) is 8.78. The monoisotopic (exact) mass is 409 g/mol. The van der Waals surface area contributed by atoms with Crippen LogP contribution in [0.5, 0.6) is 0 Å². The lowest BCUT2D eigenvalue weighted by Gasteiger charge is -2.34. The molecule has 2 unspecified atom stereocenters. The maximum absolute atomic E-state index is 12.8. The average Bonchev–Trinajstić information content (AvgIpc) is 3.14. The van der Waals surface area contributed by atoms with Crippen molar-refractivity contribution < 1.29 is 17.9 Å². The molecule has 0 spiro atoms. The van der Waals surface area contributed by atoms with Gasteiger partial charge in [0.1, 0.15) is 0 Å². The molecule has 0 saturated carbocycles. The van der Waals surface area contributed by atoms with Gasteiger partial charge in [0, 0.05) is 43.2 Å². The molecule has 2 heterocycles. The van der Waals surface area contributed by atoms with Crippen molar-refractivity contribution in [2.75, 3.05) is 19.6 Å². The summed E-state index contributed by atoms with van der Waals surface area (Å²) in [6.07, 6.45) is 2.11. The number of nitrogens with zero attached hydrogens (tertiary/aromatic N) is 2. The van der Waals surface area contributed by atoms with Crippen molar-refractivity contribution >= 4 is 27.3 Å². The molecule has 7 nitrogen and oxygen atoms in total. The van der Waals surface area contributed by atoms with E-state index in [1.165, 1.54) is 16.4 Å². The van der Waals surface area contributed by atoms with Crippen LogP contribution in [0.4, 0.5) is 0 Å². The number of hydrogen-bond donors (Lipinski definition) is 1. The van der Waals surface area contributed by atoms with Crippen LogP contribution in [0.3, 0.4) is 0 Å². The van der Waals surface area contributed by atoms with E-state index < -0.39 is 10.0 Å². The summed E-state index contributed by atoms with van der Waals surface area (Å²) < 4.78 is 32.7. The average molecular weight is 410 g/mol. The molecule has 1 aliphatic rings. The third kappa shape index (κ3) is 4.92. The van der Waals surface area contributed by atoms with Crippen LogP contribution >= 0.6 is 11.3 Å². The zero-order chi connectivity index (χ0) is 19.4. The lowest BCUT2D eigenvalue weighted by atomic mass is 10.2. The van der Waals surface area contributed by atoms with Gasteiger partial charge in [-0.05, 0) is 38.1 Å². The molecule has 0 radical (unpaired) electrons. The van der Waals surface area contributed by atoms with E-state index in [0.29, 0.717) is 31.6 Å². The molecule has 0 bridgehead atoms. The van der Waals surface area contributed by atoms with Crippen LogP contribution in [0.1, 0.15) is 29.2 Å². The second kappa shape index (κ2) is 8.47. The summed E-state index contributed by atoms with van der Waals surface area (Å²) in [5.74, 6) is -0.232. The molecule has 1 fully saturated rings. The topological polar surface area (TPSA) is 88.6 Å². The molecule has 1 amide bonds. The fourth-order valence-corrected chi connectivity index (χ4v) is 5.23. The number of rotatable bonds is 6. The third-order valence-electron chi connectivity index (χ3n) is 4.25. The van der Waals surface area contributed by atoms with Crippen LogP contribution in [0.2, 0.25) is 0 Å². The minimum absolute atomic E-state index is 0.147. The Kier molecular flexibility index (Phi) is 6.25. The predicted molar refractivity (Wildman–Crippen MR) is 103 cm³/mol. The Morgan fingerprint density at radius 1 is 1.26 bits per heavy atom. The third-order valence-corrected chi connectivity index (χ3v) is 6.93. The number of carbonyl (C=O) groups is 1. The quantitative estimate of drug-likeness (QED) is 0.787. The van der Waals surface area contributed by atoms with Crippen molar-refractivity contribution in [3.05, 3.63) is 46.4 Å². The summed E-state index contributed by atoms with van der Waals surface area (Å²) >= 11 is 1.55. The summed E-state index contributed by atoms with van der Waals surface area (Å²) in [7, 11) is -3.60. The van der Waals surface area contributed by atoms with Crippen molar-refractivity contribution in [1.82, 2.24) is 14.6 Å². The number of nitrogens with one attached hydrogen (secondary N) is 1. The van der Waals surface area contributed by atoms with Crippen LogP contribution in [-0.2, 0) is 21.2 Å². The van der Waals surface area contributed by atoms with Crippen LogP contribution in [0.15, 0.2) is 40.7 Å². The number of thiazole rings is 1. The van der Waals surface area contributed by atoms with Crippen molar-refractivity contribution in [2.45, 2.75) is 37.4 Å². The highest BCUT2D eigenvalue weighted by Crippen LogP contribution is 2.21. The molecule has 1 aromatic heterocycles. The molecule has 3 rings (SSSR count). The second-order valence-electron chi connectivity index (χ2n) is 6.54. The van der Waals surface area contributed by atoms with Gasteiger partial charge in [0.15, 0.2) is 0 Å². The van der Waals surface area contributed by atoms with Gasteiger partial charge in [0.2, 0.25) is 10.0 Å². The summed E-state index contributed by atoms with van der Waals surface area (Å²) in [4.78, 5) is 16.6. The summed E-state index contributed by atoms with van der Waals surface area (Å²) in [6.45, 7) is 4.85. The smallest absolute Gasteiger partial charge is 0.251 e. The molecule has 1 saturated heterocycles. The van der Waals surface area contributed by atoms with Gasteiger partial charge in [0.25, 0.3) is 5.91 Å². The van der Waals surface area contributed by atoms with E-state index >= 15 is 0 Å². The molecule has 1 N–H and O–H groups in total. The van der Waals surface area contributed by atoms with E-state index in [-0.39, 0.29) is 23.0 Å². The number of hydrogen-bond acceptors (Lipinski definition) is 6. The molecule has 1 aliphatic heterocycles. The number of sulfonamides is 1. The SMILES string of the molecule is CC1CN(S(=O)(=O)c2ccc(C(=O)NCCc3nccs3)cc2)CC(C)O1. The van der Waals surface area contributed by atoms with Gasteiger partial charge in [-0.15, -0.1) is 11.3 Å². The Morgan fingerprint density at radius 2 is 1.93 bits per heavy atom. The molecule has 146 valence electrons. The van der Waals surface area contributed by atoms with E-state index in [2.05, 4.69) is 10.3 Å². The van der Waals surface area contributed by atoms with E-state index in [9.17, 15) is 13.2 Å². The van der Waals surface area contributed by atoms with Gasteiger partial charge >= 0.3 is 0 Å². The van der Waals surface area contributed by atoms with E-state index in [1.54, 1.807) is 29.7 Å². The van der Waals surface area contributed by atoms with Crippen molar-refractivity contribution in [3.8, 4) is 0 Å². The molecular weight excluding hydrogens is 386 g/mol. The zero-order valence-electron chi connectivity index (χ0n) is 15.3. The van der Waals surface area contributed by atoms with Gasteiger partial charge < -0.3 is 10.1 Å². The lowest BCUT2D eigenvalue weighted by molar-refractivity contribution is -0.0440. The number of morpholine rings is 1. The normalized spacial score (nSPS) is 21.1. The van der Waals surface area contributed by atoms with Gasteiger partial charge in [-0.3, -0.25) is 4.79 Å². The molecule has 1 aromatic carbocycles. The van der Waals surface area contributed by atoms with Crippen molar-refractivity contribution in [1.29, 1.82) is 0 Å². The fraction of sp³-hybridized carbons (Fsp3) is 0.444. The minimum Gasteiger partial charge on any atom is -0.373 e. The Morgan fingerprint density at radius 3 is 2.52 bits per heavy atom. The van der Waals surface area contributed by atoms with Gasteiger partial charge in [0.05, 0.1) is 22.1 Å². The molecule has 0 aliphatic carbocycles. The first kappa shape index (κ1) is 19.9. The van der Waals surface area contributed by atoms with Crippen LogP contribution in [0, 0.1) is 0 Å². The number of carbonyl (C=O) groups excluding carboxylic acids is 1. The zero-order valence-corrected chi connectivity index (χ0v) is 16.9. The largest absolute Gasteiger partial charge is 0.373 e. The Bertz CT molecular complexity index is 857. The Hall–Kier alpha value is -1.81. The second-order valence-corrected chi connectivity index (χ2v) is 9.45. The molecule has 9 heteroatoms. The molecule has 27 heavy (non-hydrogen) atoms. The number of benzene rings is 1. The number of aromatic nitrogens is 1. The fourth-order valence-electron chi connectivity index (χ4n) is 3.02.